The summed E-state index contributed by atoms with van der Waals surface area (Å²) in [6.45, 7) is 8.06. The molecular weight excluding hydrogens is 330 g/mol. The highest BCUT2D eigenvalue weighted by Gasteiger charge is 2.20. The van der Waals surface area contributed by atoms with Crippen molar-refractivity contribution in [2.24, 2.45) is 5.92 Å². The van der Waals surface area contributed by atoms with Gasteiger partial charge in [0, 0.05) is 23.5 Å². The smallest absolute Gasteiger partial charge is 0.290 e. The first-order chi connectivity index (χ1) is 12.5. The van der Waals surface area contributed by atoms with E-state index in [4.69, 9.17) is 4.52 Å². The van der Waals surface area contributed by atoms with E-state index in [0.29, 0.717) is 5.92 Å². The van der Waals surface area contributed by atoms with Gasteiger partial charge in [0.2, 0.25) is 5.76 Å². The van der Waals surface area contributed by atoms with E-state index in [1.54, 1.807) is 23.1 Å². The summed E-state index contributed by atoms with van der Waals surface area (Å²) < 4.78 is 6.93. The lowest BCUT2D eigenvalue weighted by molar-refractivity contribution is 0.0902. The maximum Gasteiger partial charge on any atom is 0.290 e. The molecule has 0 saturated heterocycles. The van der Waals surface area contributed by atoms with Gasteiger partial charge in [-0.25, -0.2) is 9.67 Å². The second-order valence-electron chi connectivity index (χ2n) is 6.76. The molecule has 26 heavy (non-hydrogen) atoms. The van der Waals surface area contributed by atoms with Crippen molar-refractivity contribution in [1.29, 1.82) is 0 Å². The number of hydrogen-bond acceptors (Lipinski definition) is 5. The van der Waals surface area contributed by atoms with E-state index in [2.05, 4.69) is 34.4 Å². The largest absolute Gasteiger partial charge is 0.351 e. The highest BCUT2D eigenvalue weighted by Crippen LogP contribution is 2.20. The summed E-state index contributed by atoms with van der Waals surface area (Å²) in [6, 6.07) is 7.13. The van der Waals surface area contributed by atoms with E-state index < -0.39 is 0 Å². The Bertz CT molecular complexity index is 882. The van der Waals surface area contributed by atoms with Crippen LogP contribution in [-0.4, -0.2) is 25.8 Å². The van der Waals surface area contributed by atoms with Crippen LogP contribution in [0, 0.1) is 12.8 Å². The van der Waals surface area contributed by atoms with Crippen molar-refractivity contribution >= 4 is 5.91 Å². The van der Waals surface area contributed by atoms with Gasteiger partial charge < -0.3 is 9.84 Å². The molecule has 3 aromatic rings. The molecule has 7 heteroatoms. The average Bonchev–Trinajstić information content (AvgIpc) is 3.22. The minimum Gasteiger partial charge on any atom is -0.351 e. The summed E-state index contributed by atoms with van der Waals surface area (Å²) in [5.41, 5.74) is 2.64. The summed E-state index contributed by atoms with van der Waals surface area (Å²) >= 11 is 0. The van der Waals surface area contributed by atoms with Crippen LogP contribution in [0.2, 0.25) is 0 Å². The van der Waals surface area contributed by atoms with Crippen LogP contribution in [-0.2, 0) is 6.42 Å². The van der Waals surface area contributed by atoms with Gasteiger partial charge >= 0.3 is 0 Å². The number of carbonyl (C=O) groups excluding carboxylic acids is 1. The Morgan fingerprint density at radius 3 is 2.81 bits per heavy atom. The summed E-state index contributed by atoms with van der Waals surface area (Å²) in [7, 11) is 0. The number of carbonyl (C=O) groups is 1. The van der Waals surface area contributed by atoms with Gasteiger partial charge in [-0.2, -0.15) is 5.10 Å². The predicted molar refractivity (Wildman–Crippen MR) is 97.0 cm³/mol. The molecule has 0 aliphatic heterocycles. The highest BCUT2D eigenvalue weighted by atomic mass is 16.5. The zero-order chi connectivity index (χ0) is 18.7. The minimum atomic E-state index is -0.287. The Labute approximate surface area is 152 Å². The van der Waals surface area contributed by atoms with E-state index in [1.807, 2.05) is 32.0 Å². The van der Waals surface area contributed by atoms with Crippen molar-refractivity contribution in [3.8, 4) is 5.82 Å². The molecule has 7 nitrogen and oxygen atoms in total. The van der Waals surface area contributed by atoms with E-state index in [1.165, 1.54) is 0 Å². The molecule has 0 fully saturated rings. The van der Waals surface area contributed by atoms with E-state index in [9.17, 15) is 4.79 Å². The van der Waals surface area contributed by atoms with Crippen LogP contribution >= 0.6 is 0 Å². The Morgan fingerprint density at radius 2 is 2.12 bits per heavy atom. The molecule has 0 bridgehead atoms. The van der Waals surface area contributed by atoms with Gasteiger partial charge in [0.15, 0.2) is 5.82 Å². The molecule has 0 aliphatic carbocycles. The normalized spacial score (nSPS) is 12.3. The SMILES string of the molecule is Cc1c([C@H](C)NC(=O)c2cc(CC(C)C)no2)cnn1-c1ccccn1. The minimum absolute atomic E-state index is 0.224. The molecule has 1 amide bonds. The average molecular weight is 353 g/mol. The summed E-state index contributed by atoms with van der Waals surface area (Å²) in [6.07, 6.45) is 4.25. The summed E-state index contributed by atoms with van der Waals surface area (Å²) in [5, 5.41) is 11.3. The quantitative estimate of drug-likeness (QED) is 0.735. The fourth-order valence-electron chi connectivity index (χ4n) is 2.84. The van der Waals surface area contributed by atoms with Gasteiger partial charge in [-0.15, -0.1) is 0 Å². The lowest BCUT2D eigenvalue weighted by atomic mass is 10.1. The standard InChI is InChI=1S/C19H23N5O2/c1-12(2)9-15-10-17(26-23-15)19(25)22-13(3)16-11-21-24(14(16)4)18-7-5-6-8-20-18/h5-8,10-13H,9H2,1-4H3,(H,22,25)/t13-/m0/s1. The Hall–Kier alpha value is -2.96. The predicted octanol–water partition coefficient (Wildman–Crippen LogP) is 3.25. The number of nitrogens with zero attached hydrogens (tertiary/aromatic N) is 4. The lowest BCUT2D eigenvalue weighted by Gasteiger charge is -2.12. The Balaban J connectivity index is 1.72. The Kier molecular flexibility index (Phi) is 5.16. The van der Waals surface area contributed by atoms with Gasteiger partial charge in [-0.05, 0) is 38.3 Å². The first-order valence-corrected chi connectivity index (χ1v) is 8.68. The third kappa shape index (κ3) is 3.82. The number of pyridine rings is 1. The van der Waals surface area contributed by atoms with Gasteiger partial charge in [0.1, 0.15) is 0 Å². The topological polar surface area (TPSA) is 85.8 Å². The third-order valence-corrected chi connectivity index (χ3v) is 4.13. The molecule has 0 saturated carbocycles. The zero-order valence-electron chi connectivity index (χ0n) is 15.4. The zero-order valence-corrected chi connectivity index (χ0v) is 15.4. The van der Waals surface area contributed by atoms with Gasteiger partial charge in [0.25, 0.3) is 5.91 Å². The molecule has 3 rings (SSSR count). The number of aromatic nitrogens is 4. The van der Waals surface area contributed by atoms with Gasteiger partial charge in [0.05, 0.1) is 17.9 Å². The van der Waals surface area contributed by atoms with Crippen molar-refractivity contribution in [1.82, 2.24) is 25.2 Å². The van der Waals surface area contributed by atoms with Crippen molar-refractivity contribution in [2.75, 3.05) is 0 Å². The number of nitrogens with one attached hydrogen (secondary N) is 1. The summed E-state index contributed by atoms with van der Waals surface area (Å²) in [4.78, 5) is 16.7. The molecule has 0 aliphatic rings. The van der Waals surface area contributed by atoms with Crippen LogP contribution in [0.5, 0.6) is 0 Å². The molecule has 3 heterocycles. The first-order valence-electron chi connectivity index (χ1n) is 8.68. The lowest BCUT2D eigenvalue weighted by Crippen LogP contribution is -2.26. The van der Waals surface area contributed by atoms with Crippen LogP contribution in [0.4, 0.5) is 0 Å². The van der Waals surface area contributed by atoms with Crippen LogP contribution in [0.25, 0.3) is 5.82 Å². The van der Waals surface area contributed by atoms with Crippen molar-refractivity contribution in [3.63, 3.8) is 0 Å². The van der Waals surface area contributed by atoms with Gasteiger partial charge in [-0.3, -0.25) is 4.79 Å². The maximum atomic E-state index is 12.4. The van der Waals surface area contributed by atoms with E-state index in [0.717, 1.165) is 29.2 Å². The van der Waals surface area contributed by atoms with Crippen molar-refractivity contribution < 1.29 is 9.32 Å². The van der Waals surface area contributed by atoms with Gasteiger partial charge in [-0.1, -0.05) is 25.1 Å². The molecule has 0 radical (unpaired) electrons. The fraction of sp³-hybridized carbons (Fsp3) is 0.368. The van der Waals surface area contributed by atoms with Crippen LogP contribution in [0.1, 0.15) is 54.3 Å². The molecule has 136 valence electrons. The van der Waals surface area contributed by atoms with Crippen LogP contribution < -0.4 is 5.32 Å². The third-order valence-electron chi connectivity index (χ3n) is 4.13. The van der Waals surface area contributed by atoms with Crippen LogP contribution in [0.15, 0.2) is 41.2 Å². The van der Waals surface area contributed by atoms with E-state index in [-0.39, 0.29) is 17.7 Å². The monoisotopic (exact) mass is 353 g/mol. The van der Waals surface area contributed by atoms with Crippen molar-refractivity contribution in [2.45, 2.75) is 40.2 Å². The molecular formula is C19H23N5O2. The fourth-order valence-corrected chi connectivity index (χ4v) is 2.84. The second kappa shape index (κ2) is 7.51. The molecule has 3 aromatic heterocycles. The number of amides is 1. The Morgan fingerprint density at radius 1 is 1.31 bits per heavy atom. The van der Waals surface area contributed by atoms with E-state index >= 15 is 0 Å². The molecule has 0 spiro atoms. The highest BCUT2D eigenvalue weighted by molar-refractivity contribution is 5.91. The molecule has 1 N–H and O–H groups in total. The number of rotatable bonds is 6. The molecule has 0 aromatic carbocycles. The molecule has 1 atom stereocenters. The number of hydrogen-bond donors (Lipinski definition) is 1. The van der Waals surface area contributed by atoms with Crippen molar-refractivity contribution in [3.05, 3.63) is 59.4 Å². The summed E-state index contributed by atoms with van der Waals surface area (Å²) in [5.74, 6) is 1.13. The maximum absolute atomic E-state index is 12.4. The molecule has 0 unspecified atom stereocenters. The van der Waals surface area contributed by atoms with Crippen LogP contribution in [0.3, 0.4) is 0 Å². The second-order valence-corrected chi connectivity index (χ2v) is 6.76. The first kappa shape index (κ1) is 17.8.